The summed E-state index contributed by atoms with van der Waals surface area (Å²) in [7, 11) is 0. The molecule has 1 aromatic carbocycles. The number of hydrogen-bond donors (Lipinski definition) is 0. The second kappa shape index (κ2) is 4.11. The molecule has 1 aromatic rings. The fraction of sp³-hybridized carbons (Fsp3) is 0.100. The second-order valence-corrected chi connectivity index (χ2v) is 2.67. The Labute approximate surface area is 83.0 Å². The van der Waals surface area contributed by atoms with Crippen LogP contribution in [0.5, 0.6) is 0 Å². The Kier molecular flexibility index (Phi) is 3.07. The number of ketones is 1. The molecule has 78 valence electrons. The van der Waals surface area contributed by atoms with E-state index in [2.05, 4.69) is 0 Å². The Morgan fingerprint density at radius 1 is 1.13 bits per heavy atom. The van der Waals surface area contributed by atoms with Crippen molar-refractivity contribution in [2.24, 2.45) is 0 Å². The Bertz CT molecular complexity index is 414. The normalized spacial score (nSPS) is 10.6. The highest BCUT2D eigenvalue weighted by molar-refractivity contribution is 6.14. The lowest BCUT2D eigenvalue weighted by atomic mass is 10.0. The molecule has 0 aliphatic heterocycles. The fourth-order valence-corrected chi connectivity index (χ4v) is 0.967. The van der Waals surface area contributed by atoms with Crippen molar-refractivity contribution in [1.82, 2.24) is 0 Å². The first-order chi connectivity index (χ1) is 6.96. The molecule has 0 bridgehead atoms. The van der Waals surface area contributed by atoms with Crippen LogP contribution in [0.1, 0.15) is 10.4 Å². The summed E-state index contributed by atoms with van der Waals surface area (Å²) in [5.74, 6) is -0.730. The first kappa shape index (κ1) is 11.2. The van der Waals surface area contributed by atoms with Gasteiger partial charge in [-0.25, -0.2) is 4.79 Å². The summed E-state index contributed by atoms with van der Waals surface area (Å²) < 4.78 is 36.4. The fourth-order valence-electron chi connectivity index (χ4n) is 0.967. The molecule has 5 heteroatoms. The molecule has 0 aliphatic rings. The van der Waals surface area contributed by atoms with Gasteiger partial charge in [-0.2, -0.15) is 13.2 Å². The Morgan fingerprint density at radius 2 is 1.67 bits per heavy atom. The van der Waals surface area contributed by atoms with Gasteiger partial charge in [-0.15, -0.1) is 0 Å². The van der Waals surface area contributed by atoms with Crippen molar-refractivity contribution < 1.29 is 22.8 Å². The standard InChI is InChI=1S/C10H5F3O2/c11-10(12,13)8(6-14)9(15)7-4-2-1-3-5-7/h1-5H. The van der Waals surface area contributed by atoms with Crippen LogP contribution in [0.4, 0.5) is 13.2 Å². The van der Waals surface area contributed by atoms with Gasteiger partial charge >= 0.3 is 6.18 Å². The van der Waals surface area contributed by atoms with Crippen molar-refractivity contribution in [3.05, 3.63) is 41.5 Å². The zero-order chi connectivity index (χ0) is 11.5. The highest BCUT2D eigenvalue weighted by Crippen LogP contribution is 2.26. The molecule has 0 amide bonds. The third-order valence-electron chi connectivity index (χ3n) is 1.65. The van der Waals surface area contributed by atoms with Gasteiger partial charge in [0, 0.05) is 5.56 Å². The molecule has 0 atom stereocenters. The van der Waals surface area contributed by atoms with Crippen molar-refractivity contribution in [2.75, 3.05) is 0 Å². The van der Waals surface area contributed by atoms with Crippen molar-refractivity contribution in [1.29, 1.82) is 0 Å². The van der Waals surface area contributed by atoms with E-state index in [0.29, 0.717) is 5.94 Å². The molecule has 0 aliphatic carbocycles. The SMILES string of the molecule is O=C=C(C(=O)c1ccccc1)C(F)(F)F. The number of benzene rings is 1. The third-order valence-corrected chi connectivity index (χ3v) is 1.65. The predicted molar refractivity (Wildman–Crippen MR) is 46.0 cm³/mol. The average molecular weight is 214 g/mol. The van der Waals surface area contributed by atoms with Crippen LogP contribution in [0.15, 0.2) is 35.9 Å². The molecule has 0 unspecified atom stereocenters. The lowest BCUT2D eigenvalue weighted by Crippen LogP contribution is -2.20. The van der Waals surface area contributed by atoms with Crippen LogP contribution in [0.3, 0.4) is 0 Å². The van der Waals surface area contributed by atoms with Gasteiger partial charge in [0.2, 0.25) is 5.78 Å². The number of halogens is 3. The van der Waals surface area contributed by atoms with Crippen molar-refractivity contribution in [3.8, 4) is 0 Å². The molecule has 0 saturated heterocycles. The monoisotopic (exact) mass is 214 g/mol. The summed E-state index contributed by atoms with van der Waals surface area (Å²) in [6.45, 7) is 0. The molecule has 0 spiro atoms. The van der Waals surface area contributed by atoms with Gasteiger partial charge in [0.05, 0.1) is 0 Å². The first-order valence-electron chi connectivity index (χ1n) is 3.89. The molecular formula is C10H5F3O2. The summed E-state index contributed by atoms with van der Waals surface area (Å²) in [4.78, 5) is 21.3. The van der Waals surface area contributed by atoms with Crippen LogP contribution in [0, 0.1) is 0 Å². The molecule has 0 radical (unpaired) electrons. The van der Waals surface area contributed by atoms with E-state index in [9.17, 15) is 22.8 Å². The maximum Gasteiger partial charge on any atom is 0.430 e. The van der Waals surface area contributed by atoms with Gasteiger partial charge in [-0.3, -0.25) is 4.79 Å². The molecule has 0 N–H and O–H groups in total. The molecule has 0 saturated carbocycles. The number of carbonyl (C=O) groups is 1. The van der Waals surface area contributed by atoms with Crippen molar-refractivity contribution >= 4 is 11.7 Å². The molecule has 0 fully saturated rings. The molecule has 2 nitrogen and oxygen atoms in total. The lowest BCUT2D eigenvalue weighted by Gasteiger charge is -2.06. The van der Waals surface area contributed by atoms with Gasteiger partial charge < -0.3 is 0 Å². The molecular weight excluding hydrogens is 209 g/mol. The Morgan fingerprint density at radius 3 is 2.07 bits per heavy atom. The van der Waals surface area contributed by atoms with Gasteiger partial charge in [0.15, 0.2) is 5.57 Å². The first-order valence-corrected chi connectivity index (χ1v) is 3.89. The maximum atomic E-state index is 12.1. The van der Waals surface area contributed by atoms with Crippen LogP contribution < -0.4 is 0 Å². The van der Waals surface area contributed by atoms with Gasteiger partial charge in [-0.1, -0.05) is 30.3 Å². The van der Waals surface area contributed by atoms with E-state index in [0.717, 1.165) is 0 Å². The number of rotatable bonds is 2. The van der Waals surface area contributed by atoms with E-state index < -0.39 is 17.5 Å². The largest absolute Gasteiger partial charge is 0.430 e. The van der Waals surface area contributed by atoms with E-state index in [4.69, 9.17) is 0 Å². The van der Waals surface area contributed by atoms with Crippen LogP contribution in [-0.4, -0.2) is 17.9 Å². The third kappa shape index (κ3) is 2.54. The molecule has 0 heterocycles. The smallest absolute Gasteiger partial charge is 0.288 e. The quantitative estimate of drug-likeness (QED) is 0.429. The minimum Gasteiger partial charge on any atom is -0.288 e. The number of carbonyl (C=O) groups excluding carboxylic acids is 2. The maximum absolute atomic E-state index is 12.1. The Balaban J connectivity index is 3.11. The topological polar surface area (TPSA) is 34.1 Å². The summed E-state index contributed by atoms with van der Waals surface area (Å²) >= 11 is 0. The van der Waals surface area contributed by atoms with E-state index in [1.54, 1.807) is 6.07 Å². The van der Waals surface area contributed by atoms with Gasteiger partial charge in [0.1, 0.15) is 5.94 Å². The summed E-state index contributed by atoms with van der Waals surface area (Å²) in [6.07, 6.45) is -4.96. The zero-order valence-electron chi connectivity index (χ0n) is 7.34. The number of alkyl halides is 3. The Hall–Kier alpha value is -1.87. The number of allylic oxidation sites excluding steroid dienone is 1. The minimum absolute atomic E-state index is 0.187. The van der Waals surface area contributed by atoms with Crippen LogP contribution >= 0.6 is 0 Å². The van der Waals surface area contributed by atoms with E-state index >= 15 is 0 Å². The lowest BCUT2D eigenvalue weighted by molar-refractivity contribution is -0.0874. The van der Waals surface area contributed by atoms with Gasteiger partial charge in [-0.05, 0) is 0 Å². The summed E-state index contributed by atoms with van der Waals surface area (Å²) in [5, 5.41) is 0. The minimum atomic E-state index is -4.96. The highest BCUT2D eigenvalue weighted by atomic mass is 19.4. The highest BCUT2D eigenvalue weighted by Gasteiger charge is 2.40. The van der Waals surface area contributed by atoms with E-state index in [-0.39, 0.29) is 5.56 Å². The van der Waals surface area contributed by atoms with Gasteiger partial charge in [0.25, 0.3) is 0 Å². The second-order valence-electron chi connectivity index (χ2n) is 2.67. The average Bonchev–Trinajstić information content (AvgIpc) is 2.18. The number of Topliss-reactive ketones (excluding diaryl/α,β-unsaturated/α-hetero) is 1. The van der Waals surface area contributed by atoms with E-state index in [1.807, 2.05) is 0 Å². The van der Waals surface area contributed by atoms with Crippen LogP contribution in [0.25, 0.3) is 0 Å². The zero-order valence-corrected chi connectivity index (χ0v) is 7.34. The van der Waals surface area contributed by atoms with E-state index in [1.165, 1.54) is 24.3 Å². The summed E-state index contributed by atoms with van der Waals surface area (Å²) in [6, 6.07) is 6.77. The number of hydrogen-bond acceptors (Lipinski definition) is 2. The molecule has 15 heavy (non-hydrogen) atoms. The summed E-state index contributed by atoms with van der Waals surface area (Å²) in [5.41, 5.74) is -2.00. The van der Waals surface area contributed by atoms with Crippen molar-refractivity contribution in [2.45, 2.75) is 6.18 Å². The molecule has 0 aromatic heterocycles. The predicted octanol–water partition coefficient (Wildman–Crippen LogP) is 2.19. The van der Waals surface area contributed by atoms with Crippen LogP contribution in [0.2, 0.25) is 0 Å². The van der Waals surface area contributed by atoms with Crippen molar-refractivity contribution in [3.63, 3.8) is 0 Å². The van der Waals surface area contributed by atoms with Crippen LogP contribution in [-0.2, 0) is 4.79 Å². The molecule has 1 rings (SSSR count).